The van der Waals surface area contributed by atoms with Crippen LogP contribution in [0.2, 0.25) is 0 Å². The van der Waals surface area contributed by atoms with Crippen molar-refractivity contribution in [1.29, 1.82) is 0 Å². The summed E-state index contributed by atoms with van der Waals surface area (Å²) in [5, 5.41) is 6.80. The molecule has 4 heteroatoms. The lowest BCUT2D eigenvalue weighted by Crippen LogP contribution is -2.48. The highest BCUT2D eigenvalue weighted by atomic mass is 32.1. The van der Waals surface area contributed by atoms with Crippen LogP contribution in [0.15, 0.2) is 5.38 Å². The molecule has 1 fully saturated rings. The summed E-state index contributed by atoms with van der Waals surface area (Å²) >= 11 is 1.75. The van der Waals surface area contributed by atoms with Crippen LogP contribution in [-0.4, -0.2) is 23.6 Å². The Labute approximate surface area is 101 Å². The molecule has 1 aliphatic carbocycles. The third-order valence-corrected chi connectivity index (χ3v) is 4.36. The van der Waals surface area contributed by atoms with Gasteiger partial charge in [-0.1, -0.05) is 0 Å². The van der Waals surface area contributed by atoms with E-state index in [2.05, 4.69) is 15.7 Å². The fourth-order valence-electron chi connectivity index (χ4n) is 2.06. The molecule has 0 saturated heterocycles. The summed E-state index contributed by atoms with van der Waals surface area (Å²) in [7, 11) is 0. The molecule has 3 nitrogen and oxygen atoms in total. The maximum atomic E-state index is 6.15. The van der Waals surface area contributed by atoms with Crippen LogP contribution in [0.4, 0.5) is 0 Å². The van der Waals surface area contributed by atoms with Crippen molar-refractivity contribution >= 4 is 11.3 Å². The van der Waals surface area contributed by atoms with Crippen LogP contribution < -0.4 is 11.1 Å². The van der Waals surface area contributed by atoms with E-state index in [0.29, 0.717) is 0 Å². The van der Waals surface area contributed by atoms with Gasteiger partial charge in [0.05, 0.1) is 5.01 Å². The summed E-state index contributed by atoms with van der Waals surface area (Å²) < 4.78 is 0. The molecule has 0 spiro atoms. The molecule has 1 heterocycles. The van der Waals surface area contributed by atoms with Gasteiger partial charge in [0, 0.05) is 29.6 Å². The molecule has 1 saturated carbocycles. The Morgan fingerprint density at radius 3 is 2.88 bits per heavy atom. The van der Waals surface area contributed by atoms with Crippen LogP contribution in [0.3, 0.4) is 0 Å². The average molecular weight is 239 g/mol. The van der Waals surface area contributed by atoms with E-state index in [0.717, 1.165) is 31.6 Å². The Morgan fingerprint density at radius 1 is 1.50 bits per heavy atom. The van der Waals surface area contributed by atoms with Gasteiger partial charge in [-0.25, -0.2) is 4.98 Å². The molecule has 90 valence electrons. The van der Waals surface area contributed by atoms with E-state index >= 15 is 0 Å². The average Bonchev–Trinajstić information content (AvgIpc) is 2.61. The number of rotatable bonds is 6. The Balaban J connectivity index is 1.55. The normalized spacial score (nSPS) is 18.4. The fourth-order valence-corrected chi connectivity index (χ4v) is 2.83. The van der Waals surface area contributed by atoms with Crippen molar-refractivity contribution in [3.05, 3.63) is 16.1 Å². The first-order valence-corrected chi connectivity index (χ1v) is 6.97. The molecule has 0 radical (unpaired) electrons. The Kier molecular flexibility index (Phi) is 3.95. The summed E-state index contributed by atoms with van der Waals surface area (Å²) in [6.45, 7) is 4.10. The van der Waals surface area contributed by atoms with E-state index < -0.39 is 0 Å². The van der Waals surface area contributed by atoms with Crippen molar-refractivity contribution < 1.29 is 0 Å². The molecular weight excluding hydrogens is 218 g/mol. The molecular formula is C12H21N3S. The lowest BCUT2D eigenvalue weighted by Gasteiger charge is -2.38. The van der Waals surface area contributed by atoms with Crippen LogP contribution in [0.1, 0.15) is 36.4 Å². The first-order chi connectivity index (χ1) is 7.68. The number of hydrogen-bond acceptors (Lipinski definition) is 4. The maximum absolute atomic E-state index is 6.15. The van der Waals surface area contributed by atoms with Crippen LogP contribution in [0.25, 0.3) is 0 Å². The number of aryl methyl sites for hydroxylation is 1. The lowest BCUT2D eigenvalue weighted by molar-refractivity contribution is 0.230. The number of aromatic nitrogens is 1. The van der Waals surface area contributed by atoms with Gasteiger partial charge in [-0.15, -0.1) is 11.3 Å². The second-order valence-corrected chi connectivity index (χ2v) is 5.79. The maximum Gasteiger partial charge on any atom is 0.0940 e. The summed E-state index contributed by atoms with van der Waals surface area (Å²) in [4.78, 5) is 4.44. The summed E-state index contributed by atoms with van der Waals surface area (Å²) in [5.74, 6) is 0. The zero-order valence-electron chi connectivity index (χ0n) is 9.96. The van der Waals surface area contributed by atoms with Gasteiger partial charge in [0.15, 0.2) is 0 Å². The number of nitrogens with one attached hydrogen (secondary N) is 1. The highest BCUT2D eigenvalue weighted by molar-refractivity contribution is 7.09. The molecule has 0 aliphatic heterocycles. The predicted octanol–water partition coefficient (Wildman–Crippen LogP) is 1.86. The largest absolute Gasteiger partial charge is 0.325 e. The predicted molar refractivity (Wildman–Crippen MR) is 68.8 cm³/mol. The van der Waals surface area contributed by atoms with Gasteiger partial charge in [0.2, 0.25) is 0 Å². The number of thiazole rings is 1. The zero-order valence-corrected chi connectivity index (χ0v) is 10.8. The molecule has 0 atom stereocenters. The second kappa shape index (κ2) is 5.25. The van der Waals surface area contributed by atoms with Crippen molar-refractivity contribution in [2.45, 2.75) is 44.6 Å². The summed E-state index contributed by atoms with van der Waals surface area (Å²) in [6, 6.07) is 0. The van der Waals surface area contributed by atoms with Crippen LogP contribution >= 0.6 is 11.3 Å². The van der Waals surface area contributed by atoms with Gasteiger partial charge in [-0.2, -0.15) is 0 Å². The molecule has 1 aliphatic rings. The Bertz CT molecular complexity index is 331. The SMILES string of the molecule is Cc1csc(CCNCCC2(N)CCC2)n1. The summed E-state index contributed by atoms with van der Waals surface area (Å²) in [5.41, 5.74) is 7.44. The highest BCUT2D eigenvalue weighted by Crippen LogP contribution is 2.31. The van der Waals surface area contributed by atoms with Crippen molar-refractivity contribution in [1.82, 2.24) is 10.3 Å². The Morgan fingerprint density at radius 2 is 2.31 bits per heavy atom. The molecule has 0 amide bonds. The third kappa shape index (κ3) is 3.27. The quantitative estimate of drug-likeness (QED) is 0.745. The number of hydrogen-bond donors (Lipinski definition) is 2. The van der Waals surface area contributed by atoms with Gasteiger partial charge < -0.3 is 11.1 Å². The van der Waals surface area contributed by atoms with E-state index in [9.17, 15) is 0 Å². The van der Waals surface area contributed by atoms with Crippen molar-refractivity contribution in [3.63, 3.8) is 0 Å². The zero-order chi connectivity index (χ0) is 11.4. The van der Waals surface area contributed by atoms with E-state index in [4.69, 9.17) is 5.73 Å². The van der Waals surface area contributed by atoms with Crippen LogP contribution in [0.5, 0.6) is 0 Å². The van der Waals surface area contributed by atoms with Crippen LogP contribution in [0, 0.1) is 6.92 Å². The van der Waals surface area contributed by atoms with Crippen molar-refractivity contribution in [2.24, 2.45) is 5.73 Å². The molecule has 0 unspecified atom stereocenters. The first kappa shape index (κ1) is 12.0. The minimum absolute atomic E-state index is 0.158. The molecule has 16 heavy (non-hydrogen) atoms. The second-order valence-electron chi connectivity index (χ2n) is 4.85. The molecule has 0 aromatic carbocycles. The van der Waals surface area contributed by atoms with E-state index in [-0.39, 0.29) is 5.54 Å². The first-order valence-electron chi connectivity index (χ1n) is 6.09. The van der Waals surface area contributed by atoms with Gasteiger partial charge in [-0.05, 0) is 39.2 Å². The third-order valence-electron chi connectivity index (χ3n) is 3.33. The topological polar surface area (TPSA) is 50.9 Å². The van der Waals surface area contributed by atoms with E-state index in [1.807, 2.05) is 6.92 Å². The van der Waals surface area contributed by atoms with Gasteiger partial charge in [0.1, 0.15) is 0 Å². The van der Waals surface area contributed by atoms with Crippen molar-refractivity contribution in [2.75, 3.05) is 13.1 Å². The van der Waals surface area contributed by atoms with E-state index in [1.165, 1.54) is 24.3 Å². The number of nitrogens with two attached hydrogens (primary N) is 1. The van der Waals surface area contributed by atoms with Gasteiger partial charge in [0.25, 0.3) is 0 Å². The standard InChI is InChI=1S/C12H21N3S/c1-10-9-16-11(15-10)3-7-14-8-6-12(13)4-2-5-12/h9,14H,2-8,13H2,1H3. The molecule has 2 rings (SSSR count). The van der Waals surface area contributed by atoms with Gasteiger partial charge in [-0.3, -0.25) is 0 Å². The fraction of sp³-hybridized carbons (Fsp3) is 0.750. The molecule has 1 aromatic rings. The van der Waals surface area contributed by atoms with Crippen LogP contribution in [-0.2, 0) is 6.42 Å². The minimum Gasteiger partial charge on any atom is -0.325 e. The smallest absolute Gasteiger partial charge is 0.0940 e. The molecule has 3 N–H and O–H groups in total. The van der Waals surface area contributed by atoms with Gasteiger partial charge >= 0.3 is 0 Å². The Hall–Kier alpha value is -0.450. The van der Waals surface area contributed by atoms with E-state index in [1.54, 1.807) is 11.3 Å². The number of nitrogens with zero attached hydrogens (tertiary/aromatic N) is 1. The highest BCUT2D eigenvalue weighted by Gasteiger charge is 2.31. The summed E-state index contributed by atoms with van der Waals surface area (Å²) in [6.07, 6.45) is 5.88. The lowest BCUT2D eigenvalue weighted by atomic mass is 9.75. The minimum atomic E-state index is 0.158. The molecule has 1 aromatic heterocycles. The molecule has 0 bridgehead atoms. The van der Waals surface area contributed by atoms with Crippen molar-refractivity contribution in [3.8, 4) is 0 Å². The monoisotopic (exact) mass is 239 g/mol.